The summed E-state index contributed by atoms with van der Waals surface area (Å²) in [5.74, 6) is 1.78. The number of benzene rings is 1. The van der Waals surface area contributed by atoms with Gasteiger partial charge in [0, 0.05) is 37.8 Å². The molecule has 4 rings (SSSR count). The van der Waals surface area contributed by atoms with Gasteiger partial charge in [-0.15, -0.1) is 0 Å². The van der Waals surface area contributed by atoms with E-state index in [1.165, 1.54) is 0 Å². The molecule has 1 fully saturated rings. The van der Waals surface area contributed by atoms with Crippen molar-refractivity contribution in [3.8, 4) is 0 Å². The summed E-state index contributed by atoms with van der Waals surface area (Å²) >= 11 is 6.33. The Morgan fingerprint density at radius 1 is 0.958 bits per heavy atom. The highest BCUT2D eigenvalue weighted by Crippen LogP contribution is 2.28. The van der Waals surface area contributed by atoms with Gasteiger partial charge in [-0.3, -0.25) is 4.98 Å². The van der Waals surface area contributed by atoms with E-state index in [0.717, 1.165) is 59.4 Å². The first-order valence-electron chi connectivity index (χ1n) is 8.05. The lowest BCUT2D eigenvalue weighted by Gasteiger charge is -2.37. The second kappa shape index (κ2) is 6.24. The second-order valence-corrected chi connectivity index (χ2v) is 6.32. The lowest BCUT2D eigenvalue weighted by Crippen LogP contribution is -2.47. The smallest absolute Gasteiger partial charge is 0.140 e. The van der Waals surface area contributed by atoms with E-state index in [1.54, 1.807) is 12.4 Å². The minimum absolute atomic E-state index is 0.777. The highest BCUT2D eigenvalue weighted by Gasteiger charge is 2.21. The van der Waals surface area contributed by atoms with Crippen molar-refractivity contribution in [3.63, 3.8) is 0 Å². The van der Waals surface area contributed by atoms with Crippen LogP contribution in [0.5, 0.6) is 0 Å². The molecule has 0 N–H and O–H groups in total. The zero-order chi connectivity index (χ0) is 16.5. The van der Waals surface area contributed by atoms with Crippen LogP contribution in [0, 0.1) is 6.92 Å². The lowest BCUT2D eigenvalue weighted by molar-refractivity contribution is 0.648. The van der Waals surface area contributed by atoms with Gasteiger partial charge in [0.05, 0.1) is 22.4 Å². The van der Waals surface area contributed by atoms with Crippen molar-refractivity contribution in [2.45, 2.75) is 6.92 Å². The second-order valence-electron chi connectivity index (χ2n) is 5.91. The van der Waals surface area contributed by atoms with Gasteiger partial charge in [0.25, 0.3) is 0 Å². The van der Waals surface area contributed by atoms with E-state index < -0.39 is 0 Å². The van der Waals surface area contributed by atoms with Crippen molar-refractivity contribution in [2.24, 2.45) is 0 Å². The average molecular weight is 340 g/mol. The molecule has 0 spiro atoms. The molecule has 1 saturated heterocycles. The third-order valence-electron chi connectivity index (χ3n) is 4.36. The topological polar surface area (TPSA) is 45.2 Å². The number of hydrogen-bond acceptors (Lipinski definition) is 5. The fourth-order valence-electron chi connectivity index (χ4n) is 3.19. The molecule has 0 unspecified atom stereocenters. The molecule has 0 amide bonds. The van der Waals surface area contributed by atoms with Gasteiger partial charge in [-0.05, 0) is 25.1 Å². The first kappa shape index (κ1) is 15.1. The number of nitrogens with zero attached hydrogens (tertiary/aromatic N) is 5. The molecule has 1 aliphatic rings. The molecule has 0 radical (unpaired) electrons. The summed E-state index contributed by atoms with van der Waals surface area (Å²) in [7, 11) is 0. The Bertz CT molecular complexity index is 874. The van der Waals surface area contributed by atoms with Crippen LogP contribution in [-0.4, -0.2) is 41.1 Å². The number of aryl methyl sites for hydroxylation is 1. The highest BCUT2D eigenvalue weighted by molar-refractivity contribution is 6.33. The van der Waals surface area contributed by atoms with Crippen molar-refractivity contribution >= 4 is 34.0 Å². The van der Waals surface area contributed by atoms with Crippen molar-refractivity contribution < 1.29 is 0 Å². The minimum atomic E-state index is 0.777. The average Bonchev–Trinajstić information content (AvgIpc) is 2.62. The quantitative estimate of drug-likeness (QED) is 0.716. The molecule has 5 nitrogen and oxygen atoms in total. The summed E-state index contributed by atoms with van der Waals surface area (Å²) in [6.07, 6.45) is 3.60. The minimum Gasteiger partial charge on any atom is -0.367 e. The number of rotatable bonds is 2. The Morgan fingerprint density at radius 2 is 1.71 bits per heavy atom. The Kier molecular flexibility index (Phi) is 3.94. The molecule has 122 valence electrons. The van der Waals surface area contributed by atoms with Crippen LogP contribution in [0.1, 0.15) is 5.82 Å². The number of hydrogen-bond donors (Lipinski definition) is 0. The van der Waals surface area contributed by atoms with Crippen molar-refractivity contribution in [1.29, 1.82) is 0 Å². The number of halogens is 1. The Morgan fingerprint density at radius 3 is 2.50 bits per heavy atom. The maximum absolute atomic E-state index is 6.33. The van der Waals surface area contributed by atoms with E-state index in [0.29, 0.717) is 0 Å². The Labute approximate surface area is 145 Å². The maximum Gasteiger partial charge on any atom is 0.140 e. The zero-order valence-electron chi connectivity index (χ0n) is 13.5. The van der Waals surface area contributed by atoms with Gasteiger partial charge >= 0.3 is 0 Å². The standard InChI is InChI=1S/C18H18ClN5/c1-13-21-16-12-20-7-6-14(16)18(22-13)24-10-8-23(9-11-24)17-5-3-2-4-15(17)19/h2-7,12H,8-11H2,1H3. The summed E-state index contributed by atoms with van der Waals surface area (Å²) in [5.41, 5.74) is 2.00. The third kappa shape index (κ3) is 2.76. The maximum atomic E-state index is 6.33. The molecule has 3 aromatic rings. The molecule has 2 aromatic heterocycles. The van der Waals surface area contributed by atoms with Gasteiger partial charge in [-0.25, -0.2) is 9.97 Å². The molecule has 24 heavy (non-hydrogen) atoms. The normalized spacial score (nSPS) is 15.1. The van der Waals surface area contributed by atoms with Gasteiger partial charge in [0.2, 0.25) is 0 Å². The summed E-state index contributed by atoms with van der Waals surface area (Å²) in [5, 5.41) is 1.86. The highest BCUT2D eigenvalue weighted by atomic mass is 35.5. The zero-order valence-corrected chi connectivity index (χ0v) is 14.2. The summed E-state index contributed by atoms with van der Waals surface area (Å²) in [6, 6.07) is 10.0. The molecule has 0 aliphatic carbocycles. The van der Waals surface area contributed by atoms with Gasteiger partial charge in [-0.1, -0.05) is 23.7 Å². The van der Waals surface area contributed by atoms with Gasteiger partial charge in [0.1, 0.15) is 11.6 Å². The fourth-order valence-corrected chi connectivity index (χ4v) is 3.44. The van der Waals surface area contributed by atoms with E-state index in [1.807, 2.05) is 31.2 Å². The lowest BCUT2D eigenvalue weighted by atomic mass is 10.2. The number of fused-ring (bicyclic) bond motifs is 1. The van der Waals surface area contributed by atoms with Crippen LogP contribution >= 0.6 is 11.6 Å². The SMILES string of the molecule is Cc1nc(N2CCN(c3ccccc3Cl)CC2)c2ccncc2n1. The van der Waals surface area contributed by atoms with E-state index in [2.05, 4.69) is 30.8 Å². The molecule has 0 atom stereocenters. The van der Waals surface area contributed by atoms with Crippen molar-refractivity contribution in [3.05, 3.63) is 53.6 Å². The molecular formula is C18H18ClN5. The van der Waals surface area contributed by atoms with Crippen LogP contribution in [0.15, 0.2) is 42.7 Å². The van der Waals surface area contributed by atoms with E-state index in [4.69, 9.17) is 11.6 Å². The van der Waals surface area contributed by atoms with Crippen LogP contribution < -0.4 is 9.80 Å². The largest absolute Gasteiger partial charge is 0.367 e. The van der Waals surface area contributed by atoms with Gasteiger partial charge in [0.15, 0.2) is 0 Å². The van der Waals surface area contributed by atoms with Gasteiger partial charge < -0.3 is 9.80 Å². The molecule has 0 bridgehead atoms. The van der Waals surface area contributed by atoms with Crippen LogP contribution in [0.3, 0.4) is 0 Å². The van der Waals surface area contributed by atoms with Crippen LogP contribution in [0.2, 0.25) is 5.02 Å². The Hall–Kier alpha value is -2.40. The number of pyridine rings is 1. The van der Waals surface area contributed by atoms with Gasteiger partial charge in [-0.2, -0.15) is 0 Å². The third-order valence-corrected chi connectivity index (χ3v) is 4.68. The summed E-state index contributed by atoms with van der Waals surface area (Å²) in [6.45, 7) is 5.56. The van der Waals surface area contributed by atoms with E-state index in [9.17, 15) is 0 Å². The van der Waals surface area contributed by atoms with E-state index in [-0.39, 0.29) is 0 Å². The molecule has 1 aromatic carbocycles. The molecule has 0 saturated carbocycles. The van der Waals surface area contributed by atoms with E-state index >= 15 is 0 Å². The molecule has 3 heterocycles. The van der Waals surface area contributed by atoms with Crippen LogP contribution in [-0.2, 0) is 0 Å². The van der Waals surface area contributed by atoms with Crippen LogP contribution in [0.25, 0.3) is 10.9 Å². The molecular weight excluding hydrogens is 322 g/mol. The first-order valence-corrected chi connectivity index (χ1v) is 8.43. The van der Waals surface area contributed by atoms with Crippen molar-refractivity contribution in [2.75, 3.05) is 36.0 Å². The van der Waals surface area contributed by atoms with Crippen LogP contribution in [0.4, 0.5) is 11.5 Å². The first-order chi connectivity index (χ1) is 11.7. The number of para-hydroxylation sites is 1. The predicted octanol–water partition coefficient (Wildman–Crippen LogP) is 3.31. The summed E-state index contributed by atoms with van der Waals surface area (Å²) in [4.78, 5) is 18.0. The summed E-state index contributed by atoms with van der Waals surface area (Å²) < 4.78 is 0. The molecule has 6 heteroatoms. The number of anilines is 2. The number of aromatic nitrogens is 3. The predicted molar refractivity (Wildman–Crippen MR) is 97.9 cm³/mol. The monoisotopic (exact) mass is 339 g/mol. The Balaban J connectivity index is 1.60. The fraction of sp³-hybridized carbons (Fsp3) is 0.278. The number of piperazine rings is 1. The molecule has 1 aliphatic heterocycles. The van der Waals surface area contributed by atoms with Crippen molar-refractivity contribution in [1.82, 2.24) is 15.0 Å².